The number of nitrogens with zero attached hydrogens (tertiary/aromatic N) is 1. The lowest BCUT2D eigenvalue weighted by molar-refractivity contribution is -0.0118. The predicted molar refractivity (Wildman–Crippen MR) is 77.4 cm³/mol. The first-order chi connectivity index (χ1) is 9.45. The van der Waals surface area contributed by atoms with Crippen molar-refractivity contribution in [3.63, 3.8) is 0 Å². The molecule has 2 aliphatic rings. The number of piperidine rings is 1. The van der Waals surface area contributed by atoms with Crippen LogP contribution in [0.5, 0.6) is 0 Å². The molecule has 5 atom stereocenters. The van der Waals surface area contributed by atoms with E-state index in [1.807, 2.05) is 4.90 Å². The largest absolute Gasteiger partial charge is 0.390 e. The zero-order valence-corrected chi connectivity index (χ0v) is 13.0. The van der Waals surface area contributed by atoms with E-state index in [2.05, 4.69) is 26.1 Å². The Hall–Kier alpha value is -0.810. The van der Waals surface area contributed by atoms with Gasteiger partial charge in [-0.25, -0.2) is 4.79 Å². The molecule has 0 saturated carbocycles. The Morgan fingerprint density at radius 1 is 1.45 bits per heavy atom. The van der Waals surface area contributed by atoms with Gasteiger partial charge in [0.05, 0.1) is 24.9 Å². The standard InChI is InChI=1S/C15H28N2O3/c1-9(2)13-12(18)8-20-14(13)11-7-10(3)5-6-17(11)15(19)16-4/h9-14,18H,5-8H2,1-4H3,(H,16,19). The Kier molecular flexibility index (Phi) is 4.91. The van der Waals surface area contributed by atoms with Gasteiger partial charge in [-0.15, -0.1) is 0 Å². The van der Waals surface area contributed by atoms with Gasteiger partial charge in [-0.1, -0.05) is 20.8 Å². The molecular formula is C15H28N2O3. The number of hydrogen-bond donors (Lipinski definition) is 2. The van der Waals surface area contributed by atoms with Crippen LogP contribution in [0.1, 0.15) is 33.6 Å². The van der Waals surface area contributed by atoms with Gasteiger partial charge in [0.2, 0.25) is 0 Å². The number of carbonyl (C=O) groups is 1. The highest BCUT2D eigenvalue weighted by Gasteiger charge is 2.46. The summed E-state index contributed by atoms with van der Waals surface area (Å²) in [5.74, 6) is 1.05. The molecule has 2 rings (SSSR count). The second-order valence-corrected chi connectivity index (χ2v) is 6.63. The molecule has 2 heterocycles. The first kappa shape index (κ1) is 15.6. The lowest BCUT2D eigenvalue weighted by atomic mass is 9.79. The minimum atomic E-state index is -0.413. The molecule has 0 bridgehead atoms. The Labute approximate surface area is 121 Å². The Balaban J connectivity index is 2.19. The van der Waals surface area contributed by atoms with Crippen molar-refractivity contribution in [1.29, 1.82) is 0 Å². The van der Waals surface area contributed by atoms with E-state index in [0.29, 0.717) is 18.4 Å². The van der Waals surface area contributed by atoms with Crippen molar-refractivity contribution < 1.29 is 14.6 Å². The summed E-state index contributed by atoms with van der Waals surface area (Å²) in [6, 6.07) is 0.0395. The SMILES string of the molecule is CNC(=O)N1CCC(C)CC1C1OCC(O)C1C(C)C. The molecule has 2 amide bonds. The van der Waals surface area contributed by atoms with Gasteiger partial charge in [-0.3, -0.25) is 0 Å². The number of ether oxygens (including phenoxy) is 1. The molecule has 5 heteroatoms. The van der Waals surface area contributed by atoms with Crippen LogP contribution >= 0.6 is 0 Å². The third kappa shape index (κ3) is 2.93. The van der Waals surface area contributed by atoms with Gasteiger partial charge in [-0.05, 0) is 24.7 Å². The zero-order valence-electron chi connectivity index (χ0n) is 13.0. The van der Waals surface area contributed by atoms with Gasteiger partial charge in [0.25, 0.3) is 0 Å². The summed E-state index contributed by atoms with van der Waals surface area (Å²) < 4.78 is 5.88. The fraction of sp³-hybridized carbons (Fsp3) is 0.933. The average molecular weight is 284 g/mol. The van der Waals surface area contributed by atoms with E-state index in [0.717, 1.165) is 19.4 Å². The molecule has 116 valence electrons. The molecule has 2 saturated heterocycles. The van der Waals surface area contributed by atoms with Gasteiger partial charge in [0.1, 0.15) is 0 Å². The molecule has 0 aliphatic carbocycles. The summed E-state index contributed by atoms with van der Waals surface area (Å²) in [5.41, 5.74) is 0. The molecule has 20 heavy (non-hydrogen) atoms. The Bertz CT molecular complexity index is 348. The van der Waals surface area contributed by atoms with Crippen molar-refractivity contribution in [2.45, 2.75) is 51.9 Å². The van der Waals surface area contributed by atoms with Crippen molar-refractivity contribution >= 4 is 6.03 Å². The van der Waals surface area contributed by atoms with Gasteiger partial charge in [0.15, 0.2) is 0 Å². The molecule has 0 aromatic heterocycles. The molecule has 0 spiro atoms. The number of nitrogens with one attached hydrogen (secondary N) is 1. The number of likely N-dealkylation sites (tertiary alicyclic amines) is 1. The maximum absolute atomic E-state index is 12.1. The van der Waals surface area contributed by atoms with Gasteiger partial charge in [-0.2, -0.15) is 0 Å². The molecule has 0 aromatic rings. The average Bonchev–Trinajstić information content (AvgIpc) is 2.79. The zero-order chi connectivity index (χ0) is 14.9. The van der Waals surface area contributed by atoms with Gasteiger partial charge < -0.3 is 20.1 Å². The van der Waals surface area contributed by atoms with Crippen molar-refractivity contribution in [3.05, 3.63) is 0 Å². The van der Waals surface area contributed by atoms with E-state index in [-0.39, 0.29) is 24.1 Å². The van der Waals surface area contributed by atoms with Crippen LogP contribution in [0.15, 0.2) is 0 Å². The summed E-state index contributed by atoms with van der Waals surface area (Å²) >= 11 is 0. The van der Waals surface area contributed by atoms with Crippen LogP contribution in [-0.2, 0) is 4.74 Å². The maximum Gasteiger partial charge on any atom is 0.317 e. The van der Waals surface area contributed by atoms with Crippen molar-refractivity contribution in [3.8, 4) is 0 Å². The highest BCUT2D eigenvalue weighted by molar-refractivity contribution is 5.74. The number of aliphatic hydroxyl groups is 1. The number of aliphatic hydroxyl groups excluding tert-OH is 1. The van der Waals surface area contributed by atoms with Gasteiger partial charge in [0, 0.05) is 19.5 Å². The fourth-order valence-electron chi connectivity index (χ4n) is 3.73. The maximum atomic E-state index is 12.1. The van der Waals surface area contributed by atoms with Gasteiger partial charge >= 0.3 is 6.03 Å². The molecule has 0 radical (unpaired) electrons. The van der Waals surface area contributed by atoms with E-state index in [9.17, 15) is 9.90 Å². The van der Waals surface area contributed by atoms with Crippen LogP contribution in [0.3, 0.4) is 0 Å². The lowest BCUT2D eigenvalue weighted by Gasteiger charge is -2.43. The van der Waals surface area contributed by atoms with Crippen LogP contribution in [0.25, 0.3) is 0 Å². The quantitative estimate of drug-likeness (QED) is 0.807. The third-order valence-electron chi connectivity index (χ3n) is 4.81. The second kappa shape index (κ2) is 6.31. The lowest BCUT2D eigenvalue weighted by Crippen LogP contribution is -2.56. The van der Waals surface area contributed by atoms with Crippen LogP contribution < -0.4 is 5.32 Å². The highest BCUT2D eigenvalue weighted by Crippen LogP contribution is 2.36. The smallest absolute Gasteiger partial charge is 0.317 e. The molecule has 2 fully saturated rings. The molecule has 5 unspecified atom stereocenters. The highest BCUT2D eigenvalue weighted by atomic mass is 16.5. The second-order valence-electron chi connectivity index (χ2n) is 6.63. The van der Waals surface area contributed by atoms with Crippen molar-refractivity contribution in [2.75, 3.05) is 20.2 Å². The number of rotatable bonds is 2. The molecule has 0 aromatic carbocycles. The van der Waals surface area contributed by atoms with Crippen molar-refractivity contribution in [1.82, 2.24) is 10.2 Å². The summed E-state index contributed by atoms with van der Waals surface area (Å²) in [6.45, 7) is 7.62. The topological polar surface area (TPSA) is 61.8 Å². The molecule has 2 N–H and O–H groups in total. The molecule has 2 aliphatic heterocycles. The van der Waals surface area contributed by atoms with E-state index in [4.69, 9.17) is 4.74 Å². The third-order valence-corrected chi connectivity index (χ3v) is 4.81. The fourth-order valence-corrected chi connectivity index (χ4v) is 3.73. The number of carbonyl (C=O) groups excluding carboxylic acids is 1. The summed E-state index contributed by atoms with van der Waals surface area (Å²) in [7, 11) is 1.67. The number of hydrogen-bond acceptors (Lipinski definition) is 3. The van der Waals surface area contributed by atoms with E-state index < -0.39 is 6.10 Å². The summed E-state index contributed by atoms with van der Waals surface area (Å²) in [6.07, 6.45) is 1.52. The predicted octanol–water partition coefficient (Wildman–Crippen LogP) is 1.46. The number of urea groups is 1. The van der Waals surface area contributed by atoms with Crippen LogP contribution in [-0.4, -0.2) is 54.5 Å². The molecule has 5 nitrogen and oxygen atoms in total. The monoisotopic (exact) mass is 284 g/mol. The Morgan fingerprint density at radius 2 is 2.15 bits per heavy atom. The van der Waals surface area contributed by atoms with Crippen LogP contribution in [0, 0.1) is 17.8 Å². The summed E-state index contributed by atoms with van der Waals surface area (Å²) in [5, 5.41) is 12.9. The van der Waals surface area contributed by atoms with Crippen LogP contribution in [0.4, 0.5) is 4.79 Å². The van der Waals surface area contributed by atoms with E-state index in [1.165, 1.54) is 0 Å². The van der Waals surface area contributed by atoms with E-state index in [1.54, 1.807) is 7.05 Å². The molecular weight excluding hydrogens is 256 g/mol. The summed E-state index contributed by atoms with van der Waals surface area (Å²) in [4.78, 5) is 14.0. The normalized spacial score (nSPS) is 38.3. The van der Waals surface area contributed by atoms with E-state index >= 15 is 0 Å². The first-order valence-corrected chi connectivity index (χ1v) is 7.73. The Morgan fingerprint density at radius 3 is 2.75 bits per heavy atom. The first-order valence-electron chi connectivity index (χ1n) is 7.73. The minimum Gasteiger partial charge on any atom is -0.390 e. The number of amides is 2. The van der Waals surface area contributed by atoms with Crippen molar-refractivity contribution in [2.24, 2.45) is 17.8 Å². The minimum absolute atomic E-state index is 0.0330. The van der Waals surface area contributed by atoms with Crippen LogP contribution in [0.2, 0.25) is 0 Å².